The van der Waals surface area contributed by atoms with Gasteiger partial charge < -0.3 is 24.4 Å². The molecule has 2 amide bonds. The van der Waals surface area contributed by atoms with E-state index >= 15 is 0 Å². The number of carbonyl (C=O) groups is 2. The number of likely N-dealkylation sites (tertiary alicyclic amines) is 1. The van der Waals surface area contributed by atoms with Crippen LogP contribution >= 0.6 is 0 Å². The molecule has 2 saturated heterocycles. The molecule has 4 aliphatic rings. The summed E-state index contributed by atoms with van der Waals surface area (Å²) < 4.78 is 16.9. The number of amides is 2. The van der Waals surface area contributed by atoms with Gasteiger partial charge in [-0.05, 0) is 29.8 Å². The van der Waals surface area contributed by atoms with Gasteiger partial charge in [-0.25, -0.2) is 0 Å². The van der Waals surface area contributed by atoms with Crippen molar-refractivity contribution in [3.05, 3.63) is 60.4 Å². The Morgan fingerprint density at radius 3 is 2.90 bits per heavy atom. The molecule has 0 saturated carbocycles. The van der Waals surface area contributed by atoms with Crippen molar-refractivity contribution in [2.45, 2.75) is 18.2 Å². The van der Waals surface area contributed by atoms with Gasteiger partial charge in [0.15, 0.2) is 11.5 Å². The Kier molecular flexibility index (Phi) is 3.67. The molecule has 2 aromatic rings. The number of aromatic nitrogens is 1. The summed E-state index contributed by atoms with van der Waals surface area (Å²) in [5.74, 6) is -0.137. The van der Waals surface area contributed by atoms with Crippen LogP contribution in [-0.2, 0) is 20.9 Å². The molecule has 152 valence electrons. The van der Waals surface area contributed by atoms with Crippen LogP contribution in [0.4, 0.5) is 5.69 Å². The minimum atomic E-state index is -0.730. The lowest BCUT2D eigenvalue weighted by Crippen LogP contribution is -2.41. The van der Waals surface area contributed by atoms with Crippen LogP contribution in [0.3, 0.4) is 0 Å². The molecule has 30 heavy (non-hydrogen) atoms. The Morgan fingerprint density at radius 1 is 1.20 bits per heavy atom. The first-order valence-electron chi connectivity index (χ1n) is 9.88. The van der Waals surface area contributed by atoms with Gasteiger partial charge in [0.25, 0.3) is 0 Å². The normalized spacial score (nSPS) is 30.1. The van der Waals surface area contributed by atoms with Gasteiger partial charge in [0, 0.05) is 30.7 Å². The van der Waals surface area contributed by atoms with E-state index in [1.807, 2.05) is 24.3 Å². The maximum Gasteiger partial charge on any atom is 0.231 e. The van der Waals surface area contributed by atoms with E-state index in [2.05, 4.69) is 10.3 Å². The molecular weight excluding hydrogens is 386 g/mol. The van der Waals surface area contributed by atoms with Crippen molar-refractivity contribution >= 4 is 17.5 Å². The molecule has 4 aliphatic heterocycles. The molecule has 0 unspecified atom stereocenters. The summed E-state index contributed by atoms with van der Waals surface area (Å²) >= 11 is 0. The number of hydrogen-bond acceptors (Lipinski definition) is 6. The third kappa shape index (κ3) is 2.53. The van der Waals surface area contributed by atoms with Gasteiger partial charge >= 0.3 is 0 Å². The maximum absolute atomic E-state index is 13.3. The molecule has 0 aliphatic carbocycles. The van der Waals surface area contributed by atoms with Crippen molar-refractivity contribution in [3.63, 3.8) is 0 Å². The second-order valence-corrected chi connectivity index (χ2v) is 8.01. The minimum absolute atomic E-state index is 0.0514. The molecular formula is C22H19N3O5. The number of carbonyl (C=O) groups excluding carboxylic acids is 2. The number of rotatable bonds is 4. The van der Waals surface area contributed by atoms with E-state index in [4.69, 9.17) is 14.2 Å². The van der Waals surface area contributed by atoms with Crippen molar-refractivity contribution < 1.29 is 23.8 Å². The predicted molar refractivity (Wildman–Crippen MR) is 105 cm³/mol. The third-order valence-electron chi connectivity index (χ3n) is 6.24. The Labute approximate surface area is 172 Å². The first-order valence-corrected chi connectivity index (χ1v) is 9.88. The fourth-order valence-corrected chi connectivity index (χ4v) is 4.92. The number of pyridine rings is 1. The zero-order chi connectivity index (χ0) is 20.3. The number of nitrogens with zero attached hydrogens (tertiary/aromatic N) is 2. The Hall–Kier alpha value is -3.39. The highest BCUT2D eigenvalue weighted by Gasteiger charge is 2.66. The molecule has 0 radical (unpaired) electrons. The molecule has 1 aromatic heterocycles. The fourth-order valence-electron chi connectivity index (χ4n) is 4.92. The maximum atomic E-state index is 13.3. The van der Waals surface area contributed by atoms with Gasteiger partial charge in [0.2, 0.25) is 18.6 Å². The molecule has 1 N–H and O–H groups in total. The van der Waals surface area contributed by atoms with Gasteiger partial charge in [-0.15, -0.1) is 0 Å². The second kappa shape index (κ2) is 6.30. The average molecular weight is 405 g/mol. The first-order chi connectivity index (χ1) is 14.6. The Balaban J connectivity index is 1.24. The van der Waals surface area contributed by atoms with E-state index in [0.29, 0.717) is 30.3 Å². The molecule has 8 nitrogen and oxygen atoms in total. The standard InChI is InChI=1S/C22H19N3O5/c26-20(24-14-1-2-15-17(9-14)29-12-28-15)18-16-3-6-22(30-16)11-25(21(27)19(18)22)10-13-4-7-23-8-5-13/h1-9,16,18-19H,10-12H2,(H,24,26)/t16-,18+,19+,22-/m0/s1. The SMILES string of the molecule is O=C(Nc1ccc2c(c1)OCO2)[C@@H]1[C@@H]2C=C[C@@]3(CN(Cc4ccncc4)C(=O)[C@@H]13)O2. The van der Waals surface area contributed by atoms with Crippen molar-refractivity contribution in [1.29, 1.82) is 0 Å². The molecule has 1 spiro atoms. The van der Waals surface area contributed by atoms with Crippen LogP contribution in [0.5, 0.6) is 11.5 Å². The number of benzene rings is 1. The highest BCUT2D eigenvalue weighted by molar-refractivity contribution is 5.99. The van der Waals surface area contributed by atoms with Crippen molar-refractivity contribution in [2.75, 3.05) is 18.7 Å². The molecule has 2 bridgehead atoms. The van der Waals surface area contributed by atoms with Crippen LogP contribution in [0.1, 0.15) is 5.56 Å². The molecule has 8 heteroatoms. The number of hydrogen-bond donors (Lipinski definition) is 1. The van der Waals surface area contributed by atoms with Crippen LogP contribution < -0.4 is 14.8 Å². The molecule has 2 fully saturated rings. The van der Waals surface area contributed by atoms with Gasteiger partial charge in [0.1, 0.15) is 5.60 Å². The largest absolute Gasteiger partial charge is 0.454 e. The second-order valence-electron chi connectivity index (χ2n) is 8.01. The first kappa shape index (κ1) is 17.5. The highest BCUT2D eigenvalue weighted by atomic mass is 16.7. The van der Waals surface area contributed by atoms with E-state index in [-0.39, 0.29) is 18.6 Å². The van der Waals surface area contributed by atoms with Crippen molar-refractivity contribution in [2.24, 2.45) is 11.8 Å². The summed E-state index contributed by atoms with van der Waals surface area (Å²) in [4.78, 5) is 32.2. The Bertz CT molecular complexity index is 1070. The van der Waals surface area contributed by atoms with Crippen LogP contribution in [-0.4, -0.2) is 46.7 Å². The predicted octanol–water partition coefficient (Wildman–Crippen LogP) is 1.73. The molecule has 4 atom stereocenters. The summed E-state index contributed by atoms with van der Waals surface area (Å²) in [6.07, 6.45) is 6.88. The van der Waals surface area contributed by atoms with Crippen molar-refractivity contribution in [1.82, 2.24) is 9.88 Å². The Morgan fingerprint density at radius 2 is 2.03 bits per heavy atom. The van der Waals surface area contributed by atoms with Gasteiger partial charge in [-0.1, -0.05) is 12.2 Å². The third-order valence-corrected chi connectivity index (χ3v) is 6.24. The van der Waals surface area contributed by atoms with Crippen LogP contribution in [0, 0.1) is 11.8 Å². The summed E-state index contributed by atoms with van der Waals surface area (Å²) in [5, 5.41) is 2.93. The van der Waals surface area contributed by atoms with E-state index in [9.17, 15) is 9.59 Å². The molecule has 6 rings (SSSR count). The topological polar surface area (TPSA) is 90.0 Å². The summed E-state index contributed by atoms with van der Waals surface area (Å²) in [5.41, 5.74) is 0.866. The van der Waals surface area contributed by atoms with Gasteiger partial charge in [-0.3, -0.25) is 14.6 Å². The number of fused-ring (bicyclic) bond motifs is 2. The minimum Gasteiger partial charge on any atom is -0.454 e. The van der Waals surface area contributed by atoms with Gasteiger partial charge in [0.05, 0.1) is 24.5 Å². The summed E-state index contributed by atoms with van der Waals surface area (Å²) in [6.45, 7) is 1.08. The lowest BCUT2D eigenvalue weighted by Gasteiger charge is -2.23. The summed E-state index contributed by atoms with van der Waals surface area (Å²) in [7, 11) is 0. The van der Waals surface area contributed by atoms with E-state index in [1.54, 1.807) is 35.5 Å². The van der Waals surface area contributed by atoms with Crippen LogP contribution in [0.25, 0.3) is 0 Å². The van der Waals surface area contributed by atoms with Crippen LogP contribution in [0.15, 0.2) is 54.9 Å². The highest BCUT2D eigenvalue weighted by Crippen LogP contribution is 2.52. The van der Waals surface area contributed by atoms with Crippen LogP contribution in [0.2, 0.25) is 0 Å². The number of nitrogens with one attached hydrogen (secondary N) is 1. The fraction of sp³-hybridized carbons (Fsp3) is 0.318. The molecule has 1 aromatic carbocycles. The lowest BCUT2D eigenvalue weighted by molar-refractivity contribution is -0.136. The summed E-state index contributed by atoms with van der Waals surface area (Å²) in [6, 6.07) is 9.02. The lowest BCUT2D eigenvalue weighted by atomic mass is 9.77. The van der Waals surface area contributed by atoms with E-state index in [0.717, 1.165) is 5.56 Å². The quantitative estimate of drug-likeness (QED) is 0.780. The smallest absolute Gasteiger partial charge is 0.231 e. The number of ether oxygens (including phenoxy) is 3. The van der Waals surface area contributed by atoms with E-state index in [1.165, 1.54) is 0 Å². The molecule has 5 heterocycles. The van der Waals surface area contributed by atoms with E-state index < -0.39 is 23.5 Å². The zero-order valence-electron chi connectivity index (χ0n) is 16.0. The zero-order valence-corrected chi connectivity index (χ0v) is 16.0. The van der Waals surface area contributed by atoms with Gasteiger partial charge in [-0.2, -0.15) is 0 Å². The monoisotopic (exact) mass is 405 g/mol. The van der Waals surface area contributed by atoms with Crippen molar-refractivity contribution in [3.8, 4) is 11.5 Å². The number of anilines is 1. The average Bonchev–Trinajstić information content (AvgIpc) is 3.50.